The van der Waals surface area contributed by atoms with Gasteiger partial charge in [-0.3, -0.25) is 10.2 Å². The summed E-state index contributed by atoms with van der Waals surface area (Å²) in [6.07, 6.45) is 0. The van der Waals surface area contributed by atoms with Crippen molar-refractivity contribution in [1.82, 2.24) is 15.2 Å². The molecule has 0 spiro atoms. The molecule has 0 atom stereocenters. The lowest BCUT2D eigenvalue weighted by Gasteiger charge is -2.10. The van der Waals surface area contributed by atoms with Crippen molar-refractivity contribution in [1.29, 1.82) is 0 Å². The number of aromatic nitrogens is 3. The van der Waals surface area contributed by atoms with E-state index in [4.69, 9.17) is 21.7 Å². The van der Waals surface area contributed by atoms with Crippen LogP contribution in [0.3, 0.4) is 0 Å². The summed E-state index contributed by atoms with van der Waals surface area (Å²) >= 11 is 4.85. The van der Waals surface area contributed by atoms with Crippen molar-refractivity contribution in [2.24, 2.45) is 5.10 Å². The number of hydrogen-bond acceptors (Lipinski definition) is 6. The van der Waals surface area contributed by atoms with Crippen molar-refractivity contribution in [2.75, 3.05) is 19.6 Å². The second-order valence-electron chi connectivity index (χ2n) is 3.89. The van der Waals surface area contributed by atoms with Gasteiger partial charge >= 0.3 is 0 Å². The first-order valence-electron chi connectivity index (χ1n) is 5.81. The Morgan fingerprint density at radius 3 is 2.70 bits per heavy atom. The minimum atomic E-state index is 0.363. The summed E-state index contributed by atoms with van der Waals surface area (Å²) in [6, 6.07) is 5.53. The number of aromatic amines is 2. The van der Waals surface area contributed by atoms with E-state index in [9.17, 15) is 0 Å². The summed E-state index contributed by atoms with van der Waals surface area (Å²) in [6.45, 7) is 1.86. The lowest BCUT2D eigenvalue weighted by atomic mass is 10.1. The Kier molecular flexibility index (Phi) is 4.36. The molecular weight excluding hydrogens is 278 g/mol. The third-order valence-electron chi connectivity index (χ3n) is 2.63. The molecule has 0 saturated heterocycles. The monoisotopic (exact) mass is 293 g/mol. The zero-order valence-corrected chi connectivity index (χ0v) is 12.2. The Balaban J connectivity index is 2.23. The first-order valence-corrected chi connectivity index (χ1v) is 6.22. The average Bonchev–Trinajstić information content (AvgIpc) is 2.89. The highest BCUT2D eigenvalue weighted by Crippen LogP contribution is 2.25. The summed E-state index contributed by atoms with van der Waals surface area (Å²) in [5.41, 5.74) is 4.38. The summed E-state index contributed by atoms with van der Waals surface area (Å²) in [5.74, 6) is 1.85. The van der Waals surface area contributed by atoms with Crippen LogP contribution in [0.1, 0.15) is 12.5 Å². The fourth-order valence-electron chi connectivity index (χ4n) is 1.62. The molecule has 3 N–H and O–H groups in total. The van der Waals surface area contributed by atoms with Crippen molar-refractivity contribution >= 4 is 23.9 Å². The van der Waals surface area contributed by atoms with E-state index >= 15 is 0 Å². The number of nitrogens with one attached hydrogen (secondary N) is 3. The molecule has 20 heavy (non-hydrogen) atoms. The van der Waals surface area contributed by atoms with Crippen LogP contribution >= 0.6 is 12.2 Å². The number of hydrogen-bond donors (Lipinski definition) is 3. The molecule has 0 aliphatic heterocycles. The van der Waals surface area contributed by atoms with Gasteiger partial charge in [0.25, 0.3) is 0 Å². The number of methoxy groups -OCH3 is 2. The highest BCUT2D eigenvalue weighted by atomic mass is 32.1. The molecule has 2 rings (SSSR count). The highest BCUT2D eigenvalue weighted by molar-refractivity contribution is 7.71. The van der Waals surface area contributed by atoms with Gasteiger partial charge < -0.3 is 9.47 Å². The van der Waals surface area contributed by atoms with Gasteiger partial charge in [-0.05, 0) is 31.3 Å². The maximum Gasteiger partial charge on any atom is 0.238 e. The molecule has 0 fully saturated rings. The van der Waals surface area contributed by atoms with E-state index in [1.165, 1.54) is 0 Å². The zero-order valence-electron chi connectivity index (χ0n) is 11.4. The van der Waals surface area contributed by atoms with Crippen molar-refractivity contribution in [3.63, 3.8) is 0 Å². The van der Waals surface area contributed by atoms with Gasteiger partial charge in [0.05, 0.1) is 19.9 Å². The molecule has 1 aromatic heterocycles. The van der Waals surface area contributed by atoms with Crippen LogP contribution in [0.5, 0.6) is 11.5 Å². The van der Waals surface area contributed by atoms with E-state index in [1.807, 2.05) is 19.1 Å². The van der Waals surface area contributed by atoms with Gasteiger partial charge in [-0.15, -0.1) is 0 Å². The van der Waals surface area contributed by atoms with Gasteiger partial charge in [0, 0.05) is 11.6 Å². The van der Waals surface area contributed by atoms with Gasteiger partial charge in [0.2, 0.25) is 10.7 Å². The van der Waals surface area contributed by atoms with Crippen molar-refractivity contribution in [3.8, 4) is 11.5 Å². The van der Waals surface area contributed by atoms with Crippen molar-refractivity contribution in [2.45, 2.75) is 6.92 Å². The molecule has 0 amide bonds. The molecule has 1 heterocycles. The van der Waals surface area contributed by atoms with Crippen LogP contribution in [0, 0.1) is 4.77 Å². The fraction of sp³-hybridized carbons (Fsp3) is 0.250. The van der Waals surface area contributed by atoms with Crippen molar-refractivity contribution < 1.29 is 9.47 Å². The third-order valence-corrected chi connectivity index (χ3v) is 2.82. The topological polar surface area (TPSA) is 87.3 Å². The normalized spacial score (nSPS) is 11.2. The molecule has 7 nitrogen and oxygen atoms in total. The molecule has 106 valence electrons. The maximum atomic E-state index is 5.33. The second-order valence-corrected chi connectivity index (χ2v) is 4.28. The molecule has 0 bridgehead atoms. The smallest absolute Gasteiger partial charge is 0.238 e. The van der Waals surface area contributed by atoms with E-state index in [1.54, 1.807) is 20.3 Å². The molecular formula is C12H15N5O2S. The number of ether oxygens (including phenoxy) is 2. The zero-order chi connectivity index (χ0) is 14.5. The number of anilines is 1. The van der Waals surface area contributed by atoms with E-state index in [2.05, 4.69) is 25.7 Å². The number of nitrogens with zero attached hydrogens (tertiary/aromatic N) is 2. The predicted octanol–water partition coefficient (Wildman–Crippen LogP) is 2.32. The molecule has 2 aromatic rings. The van der Waals surface area contributed by atoms with Crippen LogP contribution in [0.25, 0.3) is 0 Å². The number of hydrazone groups is 1. The molecule has 8 heteroatoms. The Hall–Kier alpha value is -2.35. The second kappa shape index (κ2) is 6.20. The standard InChI is InChI=1S/C12H15N5O2S/c1-7(14-15-11-13-12(20)17-16-11)9-5-4-8(18-2)6-10(9)19-3/h4-6H,1-3H3,(H3,13,15,16,17,20)/b14-7+. The molecule has 0 unspecified atom stereocenters. The molecule has 0 radical (unpaired) electrons. The van der Waals surface area contributed by atoms with Gasteiger partial charge in [-0.2, -0.15) is 10.1 Å². The largest absolute Gasteiger partial charge is 0.497 e. The van der Waals surface area contributed by atoms with Crippen molar-refractivity contribution in [3.05, 3.63) is 28.5 Å². The van der Waals surface area contributed by atoms with Gasteiger partial charge in [-0.25, -0.2) is 5.43 Å². The molecule has 0 aliphatic carbocycles. The minimum absolute atomic E-state index is 0.363. The quantitative estimate of drug-likeness (QED) is 0.447. The first kappa shape index (κ1) is 14.1. The molecule has 0 aliphatic rings. The van der Waals surface area contributed by atoms with Gasteiger partial charge in [-0.1, -0.05) is 0 Å². The SMILES string of the molecule is COc1ccc(/C(C)=N/Nc2nc(=S)[nH][nH]2)c(OC)c1. The lowest BCUT2D eigenvalue weighted by Crippen LogP contribution is -2.03. The summed E-state index contributed by atoms with van der Waals surface area (Å²) < 4.78 is 10.9. The average molecular weight is 293 g/mol. The Bertz CT molecular complexity index is 676. The van der Waals surface area contributed by atoms with E-state index < -0.39 is 0 Å². The number of benzene rings is 1. The minimum Gasteiger partial charge on any atom is -0.497 e. The van der Waals surface area contributed by atoms with E-state index in [0.717, 1.165) is 17.0 Å². The fourth-order valence-corrected chi connectivity index (χ4v) is 1.76. The number of H-pyrrole nitrogens is 2. The maximum absolute atomic E-state index is 5.33. The number of rotatable bonds is 5. The predicted molar refractivity (Wildman–Crippen MR) is 79.2 cm³/mol. The lowest BCUT2D eigenvalue weighted by molar-refractivity contribution is 0.394. The third kappa shape index (κ3) is 3.15. The van der Waals surface area contributed by atoms with Crippen LogP contribution in [-0.2, 0) is 0 Å². The first-order chi connectivity index (χ1) is 9.63. The highest BCUT2D eigenvalue weighted by Gasteiger charge is 2.08. The molecule has 0 saturated carbocycles. The summed E-state index contributed by atoms with van der Waals surface area (Å²) in [5, 5.41) is 9.65. The van der Waals surface area contributed by atoms with Crippen LogP contribution in [-0.4, -0.2) is 35.1 Å². The van der Waals surface area contributed by atoms with Crippen LogP contribution in [0.2, 0.25) is 0 Å². The van der Waals surface area contributed by atoms with Gasteiger partial charge in [0.1, 0.15) is 11.5 Å². The van der Waals surface area contributed by atoms with E-state index in [-0.39, 0.29) is 0 Å². The Morgan fingerprint density at radius 1 is 1.30 bits per heavy atom. The molecule has 1 aromatic carbocycles. The van der Waals surface area contributed by atoms with E-state index in [0.29, 0.717) is 16.5 Å². The van der Waals surface area contributed by atoms with Crippen LogP contribution in [0.15, 0.2) is 23.3 Å². The Labute approximate surface area is 121 Å². The Morgan fingerprint density at radius 2 is 2.10 bits per heavy atom. The van der Waals surface area contributed by atoms with Crippen LogP contribution in [0.4, 0.5) is 5.95 Å². The summed E-state index contributed by atoms with van der Waals surface area (Å²) in [4.78, 5) is 3.98. The van der Waals surface area contributed by atoms with Crippen LogP contribution < -0.4 is 14.9 Å². The summed E-state index contributed by atoms with van der Waals surface area (Å²) in [7, 11) is 3.21. The van der Waals surface area contributed by atoms with Gasteiger partial charge in [0.15, 0.2) is 0 Å².